The van der Waals surface area contributed by atoms with Crippen molar-refractivity contribution in [2.45, 2.75) is 0 Å². The predicted molar refractivity (Wildman–Crippen MR) is 22.2 cm³/mol. The van der Waals surface area contributed by atoms with Crippen molar-refractivity contribution in [3.05, 3.63) is 6.92 Å². The molecule has 0 N–H and O–H groups in total. The summed E-state index contributed by atoms with van der Waals surface area (Å²) >= 11 is 0. The van der Waals surface area contributed by atoms with Gasteiger partial charge in [-0.15, -0.1) is 0 Å². The van der Waals surface area contributed by atoms with E-state index in [1.165, 1.54) is 0 Å². The van der Waals surface area contributed by atoms with Crippen LogP contribution in [0.1, 0.15) is 0 Å². The summed E-state index contributed by atoms with van der Waals surface area (Å²) < 4.78 is 4.50. The number of ether oxygens (including phenoxy) is 1. The van der Waals surface area contributed by atoms with Crippen LogP contribution in [0.2, 0.25) is 0 Å². The molecule has 0 bridgehead atoms. The van der Waals surface area contributed by atoms with Crippen molar-refractivity contribution in [3.8, 4) is 0 Å². The lowest BCUT2D eigenvalue weighted by atomic mass is 10.8. The number of hydrogen-bond donors (Lipinski definition) is 0. The predicted octanol–water partition coefficient (Wildman–Crippen LogP) is 0.0360. The second-order valence-electron chi connectivity index (χ2n) is 0.742. The molecular formula is C4H7O2. The number of aldehydes is 1. The molecule has 2 nitrogen and oxygen atoms in total. The van der Waals surface area contributed by atoms with Crippen molar-refractivity contribution < 1.29 is 9.53 Å². The molecule has 35 valence electrons. The molecule has 0 unspecified atom stereocenters. The fourth-order valence-electron chi connectivity index (χ4n) is 0.131. The van der Waals surface area contributed by atoms with E-state index in [9.17, 15) is 4.79 Å². The van der Waals surface area contributed by atoms with Crippen molar-refractivity contribution in [2.24, 2.45) is 0 Å². The molecule has 0 saturated heterocycles. The summed E-state index contributed by atoms with van der Waals surface area (Å²) in [4.78, 5) is 9.41. The lowest BCUT2D eigenvalue weighted by Gasteiger charge is -1.85. The van der Waals surface area contributed by atoms with Crippen LogP contribution in [0.4, 0.5) is 0 Å². The molecule has 0 fully saturated rings. The van der Waals surface area contributed by atoms with Crippen LogP contribution in [0.25, 0.3) is 0 Å². The minimum Gasteiger partial charge on any atom is -0.374 e. The first kappa shape index (κ1) is 5.63. The summed E-state index contributed by atoms with van der Waals surface area (Å²) in [5.74, 6) is 0. The first-order valence-corrected chi connectivity index (χ1v) is 1.72. The SMILES string of the molecule is [CH2]COCC=O. The summed E-state index contributed by atoms with van der Waals surface area (Å²) in [7, 11) is 0. The highest BCUT2D eigenvalue weighted by atomic mass is 16.5. The Morgan fingerprint density at radius 3 is 2.67 bits per heavy atom. The van der Waals surface area contributed by atoms with E-state index in [0.29, 0.717) is 12.9 Å². The Balaban J connectivity index is 2.49. The van der Waals surface area contributed by atoms with Crippen LogP contribution >= 0.6 is 0 Å². The maximum absolute atomic E-state index is 9.41. The first-order chi connectivity index (χ1) is 2.91. The zero-order valence-corrected chi connectivity index (χ0v) is 3.52. The zero-order valence-electron chi connectivity index (χ0n) is 3.52. The molecule has 0 rings (SSSR count). The Morgan fingerprint density at radius 1 is 1.83 bits per heavy atom. The maximum Gasteiger partial charge on any atom is 0.145 e. The van der Waals surface area contributed by atoms with Gasteiger partial charge >= 0.3 is 0 Å². The van der Waals surface area contributed by atoms with Crippen molar-refractivity contribution in [1.29, 1.82) is 0 Å². The Morgan fingerprint density at radius 2 is 2.50 bits per heavy atom. The van der Waals surface area contributed by atoms with Crippen LogP contribution in [-0.4, -0.2) is 19.5 Å². The fourth-order valence-corrected chi connectivity index (χ4v) is 0.131. The zero-order chi connectivity index (χ0) is 4.83. The topological polar surface area (TPSA) is 26.3 Å². The number of carbonyl (C=O) groups is 1. The van der Waals surface area contributed by atoms with Crippen LogP contribution in [0.3, 0.4) is 0 Å². The smallest absolute Gasteiger partial charge is 0.145 e. The normalized spacial score (nSPS) is 8.17. The van der Waals surface area contributed by atoms with E-state index in [1.54, 1.807) is 0 Å². The third-order valence-corrected chi connectivity index (χ3v) is 0.330. The van der Waals surface area contributed by atoms with Gasteiger partial charge in [0.05, 0.1) is 0 Å². The Hall–Kier alpha value is -0.370. The standard InChI is InChI=1S/C4H7O2/c1-2-6-4-3-5/h3H,1-2,4H2. The third kappa shape index (κ3) is 3.63. The monoisotopic (exact) mass is 87.0 g/mol. The van der Waals surface area contributed by atoms with E-state index < -0.39 is 0 Å². The molecule has 0 aromatic rings. The fraction of sp³-hybridized carbons (Fsp3) is 0.500. The van der Waals surface area contributed by atoms with Gasteiger partial charge in [-0.25, -0.2) is 0 Å². The van der Waals surface area contributed by atoms with E-state index >= 15 is 0 Å². The second-order valence-corrected chi connectivity index (χ2v) is 0.742. The summed E-state index contributed by atoms with van der Waals surface area (Å²) in [6.45, 7) is 3.89. The van der Waals surface area contributed by atoms with Gasteiger partial charge < -0.3 is 9.53 Å². The number of rotatable bonds is 3. The van der Waals surface area contributed by atoms with E-state index in [-0.39, 0.29) is 6.61 Å². The average molecular weight is 87.1 g/mol. The van der Waals surface area contributed by atoms with Crippen molar-refractivity contribution in [2.75, 3.05) is 13.2 Å². The lowest BCUT2D eigenvalue weighted by Crippen LogP contribution is -1.92. The molecule has 2 heteroatoms. The summed E-state index contributed by atoms with van der Waals surface area (Å²) in [5.41, 5.74) is 0. The van der Waals surface area contributed by atoms with Crippen molar-refractivity contribution in [1.82, 2.24) is 0 Å². The molecule has 1 radical (unpaired) electrons. The van der Waals surface area contributed by atoms with E-state index in [1.807, 2.05) is 0 Å². The molecule has 0 heterocycles. The van der Waals surface area contributed by atoms with Gasteiger partial charge in [0.15, 0.2) is 0 Å². The summed E-state index contributed by atoms with van der Waals surface area (Å²) in [6.07, 6.45) is 0.700. The molecule has 0 aliphatic rings. The molecule has 0 amide bonds. The van der Waals surface area contributed by atoms with Crippen molar-refractivity contribution in [3.63, 3.8) is 0 Å². The second kappa shape index (κ2) is 4.63. The van der Waals surface area contributed by atoms with Gasteiger partial charge in [0.25, 0.3) is 0 Å². The minimum atomic E-state index is 0.170. The highest BCUT2D eigenvalue weighted by Crippen LogP contribution is 1.62. The van der Waals surface area contributed by atoms with Gasteiger partial charge in [-0.1, -0.05) is 0 Å². The van der Waals surface area contributed by atoms with E-state index in [2.05, 4.69) is 11.7 Å². The van der Waals surface area contributed by atoms with E-state index in [4.69, 9.17) is 0 Å². The van der Waals surface area contributed by atoms with Crippen LogP contribution in [0.15, 0.2) is 0 Å². The summed E-state index contributed by atoms with van der Waals surface area (Å²) in [6, 6.07) is 0. The molecule has 0 aromatic carbocycles. The molecule has 0 spiro atoms. The quantitative estimate of drug-likeness (QED) is 0.358. The number of carbonyl (C=O) groups excluding carboxylic acids is 1. The minimum absolute atomic E-state index is 0.170. The molecule has 0 aliphatic carbocycles. The number of hydrogen-bond acceptors (Lipinski definition) is 2. The van der Waals surface area contributed by atoms with E-state index in [0.717, 1.165) is 0 Å². The third-order valence-electron chi connectivity index (χ3n) is 0.330. The van der Waals surface area contributed by atoms with Gasteiger partial charge in [-0.2, -0.15) is 0 Å². The van der Waals surface area contributed by atoms with Gasteiger partial charge in [-0.3, -0.25) is 0 Å². The van der Waals surface area contributed by atoms with Gasteiger partial charge in [0, 0.05) is 6.61 Å². The highest BCUT2D eigenvalue weighted by Gasteiger charge is 1.72. The van der Waals surface area contributed by atoms with Gasteiger partial charge in [0.2, 0.25) is 0 Å². The Kier molecular flexibility index (Phi) is 4.34. The lowest BCUT2D eigenvalue weighted by molar-refractivity contribution is -0.111. The molecular weight excluding hydrogens is 80.0 g/mol. The Labute approximate surface area is 37.1 Å². The van der Waals surface area contributed by atoms with Crippen LogP contribution in [0, 0.1) is 6.92 Å². The molecule has 6 heavy (non-hydrogen) atoms. The first-order valence-electron chi connectivity index (χ1n) is 1.72. The van der Waals surface area contributed by atoms with Crippen LogP contribution in [-0.2, 0) is 9.53 Å². The van der Waals surface area contributed by atoms with Gasteiger partial charge in [0.1, 0.15) is 12.9 Å². The van der Waals surface area contributed by atoms with Crippen molar-refractivity contribution >= 4 is 6.29 Å². The molecule has 0 aromatic heterocycles. The molecule has 0 saturated carbocycles. The molecule has 0 aliphatic heterocycles. The maximum atomic E-state index is 9.41. The van der Waals surface area contributed by atoms with Crippen LogP contribution in [0.5, 0.6) is 0 Å². The Bertz CT molecular complexity index is 34.5. The van der Waals surface area contributed by atoms with Gasteiger partial charge in [-0.05, 0) is 6.92 Å². The summed E-state index contributed by atoms with van der Waals surface area (Å²) in [5, 5.41) is 0. The molecule has 0 atom stereocenters. The average Bonchev–Trinajstić information content (AvgIpc) is 1.61. The highest BCUT2D eigenvalue weighted by molar-refractivity contribution is 5.50. The van der Waals surface area contributed by atoms with Crippen LogP contribution < -0.4 is 0 Å². The largest absolute Gasteiger partial charge is 0.374 e.